The minimum Gasteiger partial charge on any atom is -0.351 e. The number of nitrogens with two attached hydrogens (primary N) is 1. The summed E-state index contributed by atoms with van der Waals surface area (Å²) < 4.78 is 0. The summed E-state index contributed by atoms with van der Waals surface area (Å²) in [6.07, 6.45) is 1.90. The lowest BCUT2D eigenvalue weighted by molar-refractivity contribution is -0.117. The van der Waals surface area contributed by atoms with Crippen molar-refractivity contribution in [1.82, 2.24) is 5.32 Å². The van der Waals surface area contributed by atoms with Crippen LogP contribution >= 0.6 is 0 Å². The van der Waals surface area contributed by atoms with E-state index in [1.807, 2.05) is 0 Å². The highest BCUT2D eigenvalue weighted by Gasteiger charge is 2.21. The monoisotopic (exact) mass is 248 g/mol. The number of primary amides is 1. The summed E-state index contributed by atoms with van der Waals surface area (Å²) in [4.78, 5) is 22.5. The molecule has 2 rings (SSSR count). The topological polar surface area (TPSA) is 96.2 Å². The van der Waals surface area contributed by atoms with Crippen molar-refractivity contribution < 1.29 is 9.59 Å². The normalized spacial score (nSPS) is 18.3. The summed E-state index contributed by atoms with van der Waals surface area (Å²) in [5.74, 6) is -0.0249. The van der Waals surface area contributed by atoms with Crippen LogP contribution in [0.5, 0.6) is 0 Å². The third kappa shape index (κ3) is 3.21. The summed E-state index contributed by atoms with van der Waals surface area (Å²) in [6.45, 7) is 0.888. The summed E-state index contributed by atoms with van der Waals surface area (Å²) in [7, 11) is 0. The van der Waals surface area contributed by atoms with Crippen LogP contribution in [-0.4, -0.2) is 24.5 Å². The van der Waals surface area contributed by atoms with Gasteiger partial charge in [-0.1, -0.05) is 0 Å². The van der Waals surface area contributed by atoms with E-state index in [1.165, 1.54) is 0 Å². The zero-order valence-corrected chi connectivity index (χ0v) is 9.90. The van der Waals surface area contributed by atoms with Gasteiger partial charge in [0.15, 0.2) is 0 Å². The summed E-state index contributed by atoms with van der Waals surface area (Å²) in [5.41, 5.74) is 6.29. The summed E-state index contributed by atoms with van der Waals surface area (Å²) in [6, 6.07) is 6.09. The van der Waals surface area contributed by atoms with Crippen molar-refractivity contribution in [1.29, 1.82) is 0 Å². The molecule has 6 heteroatoms. The van der Waals surface area contributed by atoms with Crippen LogP contribution in [0, 0.1) is 0 Å². The van der Waals surface area contributed by atoms with E-state index in [2.05, 4.69) is 16.0 Å². The van der Waals surface area contributed by atoms with Crippen molar-refractivity contribution in [2.45, 2.75) is 18.9 Å². The fourth-order valence-electron chi connectivity index (χ4n) is 1.92. The average Bonchev–Trinajstić information content (AvgIpc) is 2.84. The van der Waals surface area contributed by atoms with Gasteiger partial charge in [-0.15, -0.1) is 0 Å². The Kier molecular flexibility index (Phi) is 3.78. The Hall–Kier alpha value is -2.08. The van der Waals surface area contributed by atoms with Gasteiger partial charge in [0.2, 0.25) is 5.91 Å². The lowest BCUT2D eigenvalue weighted by Gasteiger charge is -2.11. The number of urea groups is 1. The van der Waals surface area contributed by atoms with Gasteiger partial charge in [0, 0.05) is 11.4 Å². The molecule has 0 aliphatic carbocycles. The van der Waals surface area contributed by atoms with E-state index < -0.39 is 6.03 Å². The van der Waals surface area contributed by atoms with Crippen LogP contribution in [0.3, 0.4) is 0 Å². The van der Waals surface area contributed by atoms with Crippen LogP contribution < -0.4 is 21.7 Å². The number of hydrogen-bond donors (Lipinski definition) is 4. The maximum absolute atomic E-state index is 11.8. The summed E-state index contributed by atoms with van der Waals surface area (Å²) >= 11 is 0. The molecule has 5 N–H and O–H groups in total. The number of benzene rings is 1. The molecule has 6 nitrogen and oxygen atoms in total. The van der Waals surface area contributed by atoms with E-state index >= 15 is 0 Å². The molecule has 1 aromatic rings. The molecule has 18 heavy (non-hydrogen) atoms. The molecule has 0 radical (unpaired) electrons. The fraction of sp³-hybridized carbons (Fsp3) is 0.333. The van der Waals surface area contributed by atoms with E-state index in [4.69, 9.17) is 5.73 Å². The van der Waals surface area contributed by atoms with Crippen LogP contribution in [0.15, 0.2) is 24.3 Å². The second-order valence-corrected chi connectivity index (χ2v) is 4.20. The molecule has 0 bridgehead atoms. The maximum atomic E-state index is 11.8. The number of carbonyl (C=O) groups excluding carboxylic acids is 2. The fourth-order valence-corrected chi connectivity index (χ4v) is 1.92. The first-order valence-corrected chi connectivity index (χ1v) is 5.86. The molecule has 0 spiro atoms. The van der Waals surface area contributed by atoms with Crippen molar-refractivity contribution in [2.24, 2.45) is 5.73 Å². The van der Waals surface area contributed by atoms with Gasteiger partial charge in [0.25, 0.3) is 0 Å². The second kappa shape index (κ2) is 5.50. The number of rotatable bonds is 3. The number of carbonyl (C=O) groups is 2. The molecule has 0 saturated carbocycles. The standard InChI is InChI=1S/C12H16N4O2/c13-12(18)16-9-5-3-8(4-6-9)15-11(17)10-2-1-7-14-10/h3-6,10,14H,1-2,7H2,(H,15,17)(H3,13,16,18)/t10-/m1/s1. The first kappa shape index (κ1) is 12.4. The van der Waals surface area contributed by atoms with Crippen molar-refractivity contribution >= 4 is 23.3 Å². The minimum absolute atomic E-state index is 0.0249. The van der Waals surface area contributed by atoms with Gasteiger partial charge in [-0.3, -0.25) is 4.79 Å². The van der Waals surface area contributed by atoms with Crippen LogP contribution in [0.1, 0.15) is 12.8 Å². The van der Waals surface area contributed by atoms with Gasteiger partial charge in [-0.05, 0) is 43.7 Å². The van der Waals surface area contributed by atoms with Gasteiger partial charge in [-0.2, -0.15) is 0 Å². The van der Waals surface area contributed by atoms with Gasteiger partial charge in [0.05, 0.1) is 6.04 Å². The largest absolute Gasteiger partial charge is 0.351 e. The number of amides is 3. The van der Waals surface area contributed by atoms with Crippen molar-refractivity contribution in [2.75, 3.05) is 17.2 Å². The van der Waals surface area contributed by atoms with E-state index in [0.29, 0.717) is 11.4 Å². The average molecular weight is 248 g/mol. The second-order valence-electron chi connectivity index (χ2n) is 4.20. The SMILES string of the molecule is NC(=O)Nc1ccc(NC(=O)[C@H]2CCCN2)cc1. The van der Waals surface area contributed by atoms with Gasteiger partial charge in [0.1, 0.15) is 0 Å². The van der Waals surface area contributed by atoms with Gasteiger partial charge >= 0.3 is 6.03 Å². The lowest BCUT2D eigenvalue weighted by atomic mass is 10.2. The third-order valence-electron chi connectivity index (χ3n) is 2.80. The highest BCUT2D eigenvalue weighted by molar-refractivity contribution is 5.95. The summed E-state index contributed by atoms with van der Waals surface area (Å²) in [5, 5.41) is 8.40. The third-order valence-corrected chi connectivity index (χ3v) is 2.80. The molecule has 1 aliphatic rings. The van der Waals surface area contributed by atoms with Crippen molar-refractivity contribution in [3.63, 3.8) is 0 Å². The molecule has 0 unspecified atom stereocenters. The molecule has 3 amide bonds. The Morgan fingerprint density at radius 2 is 1.78 bits per heavy atom. The molecule has 1 heterocycles. The molecule has 1 saturated heterocycles. The predicted octanol–water partition coefficient (Wildman–Crippen LogP) is 0.868. The van der Waals surface area contributed by atoms with Gasteiger partial charge < -0.3 is 21.7 Å². The highest BCUT2D eigenvalue weighted by Crippen LogP contribution is 2.14. The first-order valence-electron chi connectivity index (χ1n) is 5.86. The number of nitrogens with one attached hydrogen (secondary N) is 3. The van der Waals surface area contributed by atoms with E-state index in [1.54, 1.807) is 24.3 Å². The Morgan fingerprint density at radius 3 is 2.28 bits per heavy atom. The van der Waals surface area contributed by atoms with E-state index in [9.17, 15) is 9.59 Å². The quantitative estimate of drug-likeness (QED) is 0.639. The number of hydrogen-bond acceptors (Lipinski definition) is 3. The highest BCUT2D eigenvalue weighted by atomic mass is 16.2. The molecule has 1 aromatic carbocycles. The Labute approximate surface area is 105 Å². The molecule has 1 atom stereocenters. The van der Waals surface area contributed by atoms with Crippen molar-refractivity contribution in [3.05, 3.63) is 24.3 Å². The Balaban J connectivity index is 1.93. The molecule has 96 valence electrons. The molecule has 0 aromatic heterocycles. The van der Waals surface area contributed by atoms with Gasteiger partial charge in [-0.25, -0.2) is 4.79 Å². The zero-order valence-electron chi connectivity index (χ0n) is 9.90. The Morgan fingerprint density at radius 1 is 1.17 bits per heavy atom. The smallest absolute Gasteiger partial charge is 0.316 e. The maximum Gasteiger partial charge on any atom is 0.316 e. The van der Waals surface area contributed by atoms with Crippen LogP contribution in [0.4, 0.5) is 16.2 Å². The van der Waals surface area contributed by atoms with Crippen LogP contribution in [0.25, 0.3) is 0 Å². The minimum atomic E-state index is -0.609. The molecular weight excluding hydrogens is 232 g/mol. The predicted molar refractivity (Wildman–Crippen MR) is 69.3 cm³/mol. The molecule has 1 aliphatic heterocycles. The van der Waals surface area contributed by atoms with Crippen LogP contribution in [-0.2, 0) is 4.79 Å². The van der Waals surface area contributed by atoms with Crippen LogP contribution in [0.2, 0.25) is 0 Å². The molecule has 1 fully saturated rings. The van der Waals surface area contributed by atoms with E-state index in [0.717, 1.165) is 19.4 Å². The lowest BCUT2D eigenvalue weighted by Crippen LogP contribution is -2.35. The Bertz CT molecular complexity index is 438. The molecular formula is C12H16N4O2. The first-order chi connectivity index (χ1) is 8.65. The number of anilines is 2. The van der Waals surface area contributed by atoms with E-state index in [-0.39, 0.29) is 11.9 Å². The van der Waals surface area contributed by atoms with Crippen molar-refractivity contribution in [3.8, 4) is 0 Å². The zero-order chi connectivity index (χ0) is 13.0.